The number of H-pyrrole nitrogens is 1. The third kappa shape index (κ3) is 8.26. The highest BCUT2D eigenvalue weighted by Gasteiger charge is 2.65. The first-order valence-corrected chi connectivity index (χ1v) is 21.2. The molecule has 58 heavy (non-hydrogen) atoms. The summed E-state index contributed by atoms with van der Waals surface area (Å²) in [6.45, 7) is 14.7. The SMILES string of the molecule is COc1ccc(C(OC[C@]23O[C@@H](n4cc(C)c(=O)[nH]c4=O)[C@H]([C@H](C)C[C@H]2C)[C@@H]3OP(OCCC#N)N(C(C)C)C(C)C)(c2ccccc2)c2ccc(OC)cc2)cc1. The van der Waals surface area contributed by atoms with Crippen molar-refractivity contribution in [2.45, 2.75) is 96.9 Å². The summed E-state index contributed by atoms with van der Waals surface area (Å²) in [6, 6.07) is 28.2. The van der Waals surface area contributed by atoms with Crippen LogP contribution in [0.5, 0.6) is 11.5 Å². The van der Waals surface area contributed by atoms with Crippen molar-refractivity contribution in [3.05, 3.63) is 128 Å². The molecule has 6 rings (SSSR count). The molecule has 4 aromatic rings. The Bertz CT molecular complexity index is 2080. The number of methoxy groups -OCH3 is 2. The minimum Gasteiger partial charge on any atom is -0.497 e. The van der Waals surface area contributed by atoms with Crippen LogP contribution in [0.2, 0.25) is 0 Å². The summed E-state index contributed by atoms with van der Waals surface area (Å²) in [7, 11) is 1.55. The van der Waals surface area contributed by atoms with Crippen LogP contribution in [0.4, 0.5) is 0 Å². The average molecular weight is 813 g/mol. The molecular weight excluding hydrogens is 755 g/mol. The molecule has 2 aliphatic rings. The topological polar surface area (TPSA) is 137 Å². The van der Waals surface area contributed by atoms with E-state index in [9.17, 15) is 14.9 Å². The zero-order chi connectivity index (χ0) is 41.8. The van der Waals surface area contributed by atoms with Gasteiger partial charge in [0.15, 0.2) is 0 Å². The van der Waals surface area contributed by atoms with E-state index in [-0.39, 0.29) is 49.5 Å². The fourth-order valence-electron chi connectivity index (χ4n) is 8.86. The van der Waals surface area contributed by atoms with E-state index in [1.54, 1.807) is 27.3 Å². The van der Waals surface area contributed by atoms with Gasteiger partial charge in [0.2, 0.25) is 0 Å². The number of ether oxygens (including phenoxy) is 4. The van der Waals surface area contributed by atoms with Crippen LogP contribution in [-0.2, 0) is 24.1 Å². The minimum absolute atomic E-state index is 0.0318. The maximum atomic E-state index is 13.7. The Kier molecular flexibility index (Phi) is 13.6. The fourth-order valence-corrected chi connectivity index (χ4v) is 10.7. The van der Waals surface area contributed by atoms with Gasteiger partial charge < -0.3 is 28.0 Å². The Hall–Kier alpha value is -4.34. The van der Waals surface area contributed by atoms with Gasteiger partial charge in [0.05, 0.1) is 39.9 Å². The first-order valence-electron chi connectivity index (χ1n) is 20.0. The molecule has 1 aliphatic heterocycles. The summed E-state index contributed by atoms with van der Waals surface area (Å²) in [5.41, 5.74) is -0.283. The van der Waals surface area contributed by atoms with Crippen molar-refractivity contribution in [1.29, 1.82) is 5.26 Å². The Morgan fingerprint density at radius 2 is 1.50 bits per heavy atom. The molecule has 3 aromatic carbocycles. The van der Waals surface area contributed by atoms with Crippen LogP contribution < -0.4 is 20.7 Å². The summed E-state index contributed by atoms with van der Waals surface area (Å²) < 4.78 is 43.7. The molecule has 1 unspecified atom stereocenters. The molecule has 1 aliphatic carbocycles. The van der Waals surface area contributed by atoms with E-state index in [1.165, 1.54) is 4.57 Å². The number of nitrogens with zero attached hydrogens (tertiary/aromatic N) is 3. The van der Waals surface area contributed by atoms with Crippen LogP contribution in [0.3, 0.4) is 0 Å². The van der Waals surface area contributed by atoms with Crippen LogP contribution in [-0.4, -0.2) is 65.4 Å². The van der Waals surface area contributed by atoms with Gasteiger partial charge in [-0.1, -0.05) is 68.4 Å². The zero-order valence-electron chi connectivity index (χ0n) is 35.0. The number of aryl methyl sites for hydroxylation is 1. The summed E-state index contributed by atoms with van der Waals surface area (Å²) in [4.78, 5) is 28.8. The predicted molar refractivity (Wildman–Crippen MR) is 224 cm³/mol. The molecular formula is C45H57N4O8P. The van der Waals surface area contributed by atoms with Crippen LogP contribution in [0.1, 0.15) is 82.9 Å². The second kappa shape index (κ2) is 18.3. The minimum atomic E-state index is -1.74. The number of fused-ring (bicyclic) bond motifs is 2. The number of rotatable bonds is 17. The van der Waals surface area contributed by atoms with E-state index in [0.717, 1.165) is 23.1 Å². The van der Waals surface area contributed by atoms with Crippen molar-refractivity contribution in [2.75, 3.05) is 27.4 Å². The Labute approximate surface area is 343 Å². The van der Waals surface area contributed by atoms with E-state index >= 15 is 0 Å². The van der Waals surface area contributed by atoms with Gasteiger partial charge in [-0.15, -0.1) is 0 Å². The number of aromatic amines is 1. The molecule has 2 heterocycles. The van der Waals surface area contributed by atoms with Crippen LogP contribution in [0.15, 0.2) is 94.6 Å². The zero-order valence-corrected chi connectivity index (χ0v) is 35.9. The Morgan fingerprint density at radius 3 is 2.03 bits per heavy atom. The summed E-state index contributed by atoms with van der Waals surface area (Å²) in [5, 5.41) is 9.49. The highest BCUT2D eigenvalue weighted by atomic mass is 31.2. The van der Waals surface area contributed by atoms with Gasteiger partial charge in [-0.2, -0.15) is 5.26 Å². The lowest BCUT2D eigenvalue weighted by atomic mass is 9.66. The van der Waals surface area contributed by atoms with E-state index < -0.39 is 43.3 Å². The molecule has 1 aromatic heterocycles. The van der Waals surface area contributed by atoms with Crippen molar-refractivity contribution in [3.63, 3.8) is 0 Å². The molecule has 0 spiro atoms. The third-order valence-electron chi connectivity index (χ3n) is 11.7. The number of hydrogen-bond donors (Lipinski definition) is 1. The van der Waals surface area contributed by atoms with Crippen molar-refractivity contribution in [1.82, 2.24) is 14.2 Å². The lowest BCUT2D eigenvalue weighted by Gasteiger charge is -2.49. The molecule has 12 nitrogen and oxygen atoms in total. The fraction of sp³-hybridized carbons (Fsp3) is 0.489. The largest absolute Gasteiger partial charge is 0.497 e. The summed E-state index contributed by atoms with van der Waals surface area (Å²) >= 11 is 0. The first-order chi connectivity index (χ1) is 27.8. The normalized spacial score (nSPS) is 23.6. The lowest BCUT2D eigenvalue weighted by molar-refractivity contribution is -0.184. The summed E-state index contributed by atoms with van der Waals surface area (Å²) in [5.74, 6) is 0.971. The molecule has 2 fully saturated rings. The monoisotopic (exact) mass is 812 g/mol. The van der Waals surface area contributed by atoms with Crippen molar-refractivity contribution in [2.24, 2.45) is 17.8 Å². The maximum Gasteiger partial charge on any atom is 0.330 e. The molecule has 13 heteroatoms. The van der Waals surface area contributed by atoms with E-state index in [2.05, 4.69) is 69.4 Å². The number of nitriles is 1. The second-order valence-corrected chi connectivity index (χ2v) is 17.4. The summed E-state index contributed by atoms with van der Waals surface area (Å²) in [6.07, 6.45) is 1.11. The Morgan fingerprint density at radius 1 is 0.931 bits per heavy atom. The second-order valence-electron chi connectivity index (χ2n) is 16.0. The molecule has 1 N–H and O–H groups in total. The predicted octanol–water partition coefficient (Wildman–Crippen LogP) is 8.09. The average Bonchev–Trinajstić information content (AvgIpc) is 3.48. The van der Waals surface area contributed by atoms with E-state index in [4.69, 9.17) is 28.0 Å². The molecule has 7 atom stereocenters. The van der Waals surface area contributed by atoms with Crippen LogP contribution in [0.25, 0.3) is 0 Å². The van der Waals surface area contributed by atoms with Crippen molar-refractivity contribution < 1.29 is 28.0 Å². The van der Waals surface area contributed by atoms with Crippen LogP contribution in [0, 0.1) is 36.0 Å². The van der Waals surface area contributed by atoms with Crippen LogP contribution >= 0.6 is 8.53 Å². The van der Waals surface area contributed by atoms with Crippen molar-refractivity contribution >= 4 is 8.53 Å². The molecule has 1 saturated heterocycles. The smallest absolute Gasteiger partial charge is 0.330 e. The lowest BCUT2D eigenvalue weighted by Crippen LogP contribution is -2.57. The van der Waals surface area contributed by atoms with E-state index in [1.807, 2.05) is 66.7 Å². The van der Waals surface area contributed by atoms with Gasteiger partial charge in [0, 0.05) is 29.8 Å². The highest BCUT2D eigenvalue weighted by molar-refractivity contribution is 7.44. The number of aromatic nitrogens is 2. The van der Waals surface area contributed by atoms with Crippen molar-refractivity contribution in [3.8, 4) is 17.6 Å². The van der Waals surface area contributed by atoms with Gasteiger partial charge >= 0.3 is 5.69 Å². The number of hydrogen-bond acceptors (Lipinski definition) is 10. The Balaban J connectivity index is 1.56. The van der Waals surface area contributed by atoms with Gasteiger partial charge in [-0.3, -0.25) is 14.3 Å². The highest BCUT2D eigenvalue weighted by Crippen LogP contribution is 2.61. The van der Waals surface area contributed by atoms with Gasteiger partial charge in [-0.25, -0.2) is 9.46 Å². The molecule has 1 saturated carbocycles. The molecule has 0 amide bonds. The van der Waals surface area contributed by atoms with Gasteiger partial charge in [0.1, 0.15) is 35.0 Å². The quantitative estimate of drug-likeness (QED) is 0.0633. The standard InChI is InChI=1S/C45H57N4O8P/c1-29(2)49(30(3)4)58(55-25-13-24-46)57-40-39-31(5)26-33(7)44(40,56-42(39)48-27-32(6)41(50)47-43(48)51)28-54-45(34-14-11-10-12-15-34,35-16-20-37(52-8)21-17-35)36-18-22-38(53-9)23-19-36/h10-12,14-23,27,29-31,33,39-40,42H,13,25-26,28H2,1-9H3,(H,47,50,51)/t31-,33-,39-,40+,42-,44+,58?/m1/s1. The van der Waals surface area contributed by atoms with Gasteiger partial charge in [0.25, 0.3) is 14.1 Å². The molecule has 0 radical (unpaired) electrons. The van der Waals surface area contributed by atoms with E-state index in [0.29, 0.717) is 17.1 Å². The molecule has 310 valence electrons. The maximum absolute atomic E-state index is 13.7. The first kappa shape index (κ1) is 43.2. The number of nitrogens with one attached hydrogen (secondary N) is 1. The third-order valence-corrected chi connectivity index (χ3v) is 13.8. The van der Waals surface area contributed by atoms with Gasteiger partial charge in [-0.05, 0) is 93.8 Å². The number of benzene rings is 3. The molecule has 2 bridgehead atoms.